The largest absolute Gasteiger partial charge is 0.487 e. The summed E-state index contributed by atoms with van der Waals surface area (Å²) in [7, 11) is 1.33. The van der Waals surface area contributed by atoms with Crippen LogP contribution in [0.25, 0.3) is 0 Å². The molecule has 0 aliphatic carbocycles. The van der Waals surface area contributed by atoms with Crippen LogP contribution in [-0.2, 0) is 17.9 Å². The first-order valence-corrected chi connectivity index (χ1v) is 6.67. The van der Waals surface area contributed by atoms with Crippen molar-refractivity contribution in [3.63, 3.8) is 0 Å². The van der Waals surface area contributed by atoms with E-state index in [0.29, 0.717) is 28.6 Å². The van der Waals surface area contributed by atoms with Crippen molar-refractivity contribution in [1.82, 2.24) is 4.98 Å². The lowest BCUT2D eigenvalue weighted by molar-refractivity contribution is 0.0600. The number of hydrogen-bond acceptors (Lipinski definition) is 5. The SMILES string of the molecule is COC(=O)c1ccc(COc2cccc(Cl)c2CN)nc1. The molecule has 0 bridgehead atoms. The summed E-state index contributed by atoms with van der Waals surface area (Å²) in [4.78, 5) is 15.5. The van der Waals surface area contributed by atoms with Gasteiger partial charge in [-0.05, 0) is 24.3 Å². The molecule has 0 aliphatic rings. The maximum atomic E-state index is 11.3. The molecule has 2 rings (SSSR count). The number of nitrogens with zero attached hydrogens (tertiary/aromatic N) is 1. The topological polar surface area (TPSA) is 74.4 Å². The van der Waals surface area contributed by atoms with Crippen molar-refractivity contribution in [1.29, 1.82) is 0 Å². The van der Waals surface area contributed by atoms with Crippen molar-refractivity contribution in [2.75, 3.05) is 7.11 Å². The first-order valence-electron chi connectivity index (χ1n) is 6.29. The number of methoxy groups -OCH3 is 1. The van der Waals surface area contributed by atoms with Gasteiger partial charge in [0.15, 0.2) is 0 Å². The molecule has 110 valence electrons. The van der Waals surface area contributed by atoms with Gasteiger partial charge in [0.05, 0.1) is 18.4 Å². The van der Waals surface area contributed by atoms with Crippen molar-refractivity contribution in [3.8, 4) is 5.75 Å². The molecule has 0 saturated carbocycles. The quantitative estimate of drug-likeness (QED) is 0.859. The molecule has 0 aliphatic heterocycles. The molecule has 2 aromatic rings. The third-order valence-corrected chi connectivity index (χ3v) is 3.26. The van der Waals surface area contributed by atoms with Crippen LogP contribution in [0.2, 0.25) is 5.02 Å². The molecule has 1 aromatic heterocycles. The maximum Gasteiger partial charge on any atom is 0.339 e. The number of pyridine rings is 1. The molecule has 0 fully saturated rings. The standard InChI is InChI=1S/C15H15ClN2O3/c1-20-15(19)10-5-6-11(18-8-10)9-21-14-4-2-3-13(16)12(14)7-17/h2-6,8H,7,9,17H2,1H3. The summed E-state index contributed by atoms with van der Waals surface area (Å²) in [6.07, 6.45) is 1.45. The zero-order valence-electron chi connectivity index (χ0n) is 11.5. The lowest BCUT2D eigenvalue weighted by Crippen LogP contribution is -2.06. The minimum atomic E-state index is -0.421. The van der Waals surface area contributed by atoms with Crippen LogP contribution in [0.5, 0.6) is 5.75 Å². The van der Waals surface area contributed by atoms with Crippen LogP contribution in [0.4, 0.5) is 0 Å². The predicted octanol–water partition coefficient (Wildman–Crippen LogP) is 2.56. The Labute approximate surface area is 127 Å². The summed E-state index contributed by atoms with van der Waals surface area (Å²) in [5.74, 6) is 0.207. The average Bonchev–Trinajstić information content (AvgIpc) is 2.52. The van der Waals surface area contributed by atoms with E-state index in [1.54, 1.807) is 30.3 Å². The Morgan fingerprint density at radius 1 is 1.33 bits per heavy atom. The molecule has 6 heteroatoms. The number of carbonyl (C=O) groups excluding carboxylic acids is 1. The molecule has 0 spiro atoms. The third-order valence-electron chi connectivity index (χ3n) is 2.90. The van der Waals surface area contributed by atoms with Crippen LogP contribution in [0.15, 0.2) is 36.5 Å². The third kappa shape index (κ3) is 3.71. The van der Waals surface area contributed by atoms with Crippen LogP contribution in [0.3, 0.4) is 0 Å². The summed E-state index contributed by atoms with van der Waals surface area (Å²) in [6, 6.07) is 8.71. The van der Waals surface area contributed by atoms with Crippen molar-refractivity contribution >= 4 is 17.6 Å². The lowest BCUT2D eigenvalue weighted by Gasteiger charge is -2.11. The Kier molecular flexibility index (Phi) is 5.14. The van der Waals surface area contributed by atoms with Crippen LogP contribution < -0.4 is 10.5 Å². The Morgan fingerprint density at radius 3 is 2.76 bits per heavy atom. The Balaban J connectivity index is 2.07. The Morgan fingerprint density at radius 2 is 2.14 bits per heavy atom. The number of benzene rings is 1. The second kappa shape index (κ2) is 7.06. The summed E-state index contributed by atoms with van der Waals surface area (Å²) >= 11 is 6.06. The fourth-order valence-electron chi connectivity index (χ4n) is 1.77. The summed E-state index contributed by atoms with van der Waals surface area (Å²) in [5.41, 5.74) is 7.49. The van der Waals surface area contributed by atoms with E-state index < -0.39 is 5.97 Å². The summed E-state index contributed by atoms with van der Waals surface area (Å²) in [5, 5.41) is 0.573. The monoisotopic (exact) mass is 306 g/mol. The second-order valence-corrected chi connectivity index (χ2v) is 4.65. The van der Waals surface area contributed by atoms with E-state index >= 15 is 0 Å². The second-order valence-electron chi connectivity index (χ2n) is 4.24. The van der Waals surface area contributed by atoms with Crippen LogP contribution >= 0.6 is 11.6 Å². The Hall–Kier alpha value is -2.11. The van der Waals surface area contributed by atoms with Gasteiger partial charge in [-0.2, -0.15) is 0 Å². The number of esters is 1. The smallest absolute Gasteiger partial charge is 0.339 e. The van der Waals surface area contributed by atoms with Crippen molar-refractivity contribution in [3.05, 3.63) is 58.4 Å². The van der Waals surface area contributed by atoms with E-state index in [2.05, 4.69) is 9.72 Å². The molecule has 1 heterocycles. The van der Waals surface area contributed by atoms with Crippen LogP contribution in [0, 0.1) is 0 Å². The first kappa shape index (κ1) is 15.3. The van der Waals surface area contributed by atoms with E-state index in [1.807, 2.05) is 0 Å². The fraction of sp³-hybridized carbons (Fsp3) is 0.200. The van der Waals surface area contributed by atoms with Gasteiger partial charge in [-0.1, -0.05) is 17.7 Å². The molecule has 0 radical (unpaired) electrons. The molecule has 1 aromatic carbocycles. The number of hydrogen-bond donors (Lipinski definition) is 1. The number of nitrogens with two attached hydrogens (primary N) is 1. The molecule has 5 nitrogen and oxygen atoms in total. The number of ether oxygens (including phenoxy) is 2. The molecule has 0 atom stereocenters. The molecular formula is C15H15ClN2O3. The van der Waals surface area contributed by atoms with E-state index in [4.69, 9.17) is 22.1 Å². The number of aromatic nitrogens is 1. The van der Waals surface area contributed by atoms with Crippen molar-refractivity contribution in [2.45, 2.75) is 13.2 Å². The van der Waals surface area contributed by atoms with Crippen LogP contribution in [0.1, 0.15) is 21.6 Å². The highest BCUT2D eigenvalue weighted by atomic mass is 35.5. The van der Waals surface area contributed by atoms with Gasteiger partial charge in [0.2, 0.25) is 0 Å². The van der Waals surface area contributed by atoms with E-state index in [1.165, 1.54) is 13.3 Å². The number of carbonyl (C=O) groups is 1. The van der Waals surface area contributed by atoms with E-state index in [0.717, 1.165) is 5.56 Å². The van der Waals surface area contributed by atoms with Crippen molar-refractivity contribution in [2.24, 2.45) is 5.73 Å². The molecule has 2 N–H and O–H groups in total. The molecule has 0 saturated heterocycles. The van der Waals surface area contributed by atoms with Gasteiger partial charge in [-0.3, -0.25) is 4.98 Å². The van der Waals surface area contributed by atoms with Gasteiger partial charge in [0.1, 0.15) is 12.4 Å². The molecular weight excluding hydrogens is 292 g/mol. The van der Waals surface area contributed by atoms with E-state index in [-0.39, 0.29) is 6.61 Å². The summed E-state index contributed by atoms with van der Waals surface area (Å²) < 4.78 is 10.3. The number of halogens is 1. The van der Waals surface area contributed by atoms with Gasteiger partial charge in [0, 0.05) is 23.3 Å². The highest BCUT2D eigenvalue weighted by molar-refractivity contribution is 6.31. The molecule has 0 amide bonds. The number of rotatable bonds is 5. The zero-order chi connectivity index (χ0) is 15.2. The van der Waals surface area contributed by atoms with Crippen LogP contribution in [-0.4, -0.2) is 18.1 Å². The van der Waals surface area contributed by atoms with E-state index in [9.17, 15) is 4.79 Å². The zero-order valence-corrected chi connectivity index (χ0v) is 12.3. The summed E-state index contributed by atoms with van der Waals surface area (Å²) in [6.45, 7) is 0.554. The highest BCUT2D eigenvalue weighted by Gasteiger charge is 2.08. The van der Waals surface area contributed by atoms with Gasteiger partial charge < -0.3 is 15.2 Å². The average molecular weight is 307 g/mol. The predicted molar refractivity (Wildman–Crippen MR) is 79.3 cm³/mol. The van der Waals surface area contributed by atoms with Crippen molar-refractivity contribution < 1.29 is 14.3 Å². The first-order chi connectivity index (χ1) is 10.2. The minimum absolute atomic E-state index is 0.259. The van der Waals surface area contributed by atoms with Gasteiger partial charge in [0.25, 0.3) is 0 Å². The van der Waals surface area contributed by atoms with Gasteiger partial charge in [-0.25, -0.2) is 4.79 Å². The molecule has 0 unspecified atom stereocenters. The highest BCUT2D eigenvalue weighted by Crippen LogP contribution is 2.26. The van der Waals surface area contributed by atoms with Gasteiger partial charge >= 0.3 is 5.97 Å². The minimum Gasteiger partial charge on any atom is -0.487 e. The maximum absolute atomic E-state index is 11.3. The Bertz CT molecular complexity index is 629. The fourth-order valence-corrected chi connectivity index (χ4v) is 2.02. The lowest BCUT2D eigenvalue weighted by atomic mass is 10.2. The van der Waals surface area contributed by atoms with Gasteiger partial charge in [-0.15, -0.1) is 0 Å². The molecule has 21 heavy (non-hydrogen) atoms. The normalized spacial score (nSPS) is 10.2.